The Balaban J connectivity index is 2.83. The second kappa shape index (κ2) is 5.56. The molecule has 0 aliphatic rings. The van der Waals surface area contributed by atoms with Crippen molar-refractivity contribution in [2.75, 3.05) is 0 Å². The number of thioether (sulfide) groups is 1. The molecule has 0 amide bonds. The van der Waals surface area contributed by atoms with Crippen molar-refractivity contribution in [3.63, 3.8) is 0 Å². The lowest BCUT2D eigenvalue weighted by atomic mass is 9.96. The van der Waals surface area contributed by atoms with Crippen molar-refractivity contribution < 1.29 is 0 Å². The Morgan fingerprint density at radius 3 is 2.44 bits per heavy atom. The van der Waals surface area contributed by atoms with Gasteiger partial charge in [-0.25, -0.2) is 0 Å². The van der Waals surface area contributed by atoms with Crippen LogP contribution in [-0.4, -0.2) is 10.8 Å². The molecule has 0 radical (unpaired) electrons. The minimum atomic E-state index is -0.147. The van der Waals surface area contributed by atoms with Gasteiger partial charge in [-0.15, -0.1) is 11.8 Å². The molecule has 0 aliphatic carbocycles. The van der Waals surface area contributed by atoms with Gasteiger partial charge in [-0.05, 0) is 53.9 Å². The first-order valence-electron chi connectivity index (χ1n) is 5.52. The molecule has 1 rings (SSSR count). The molecule has 0 aromatic heterocycles. The van der Waals surface area contributed by atoms with Crippen molar-refractivity contribution >= 4 is 27.7 Å². The van der Waals surface area contributed by atoms with Gasteiger partial charge in [-0.1, -0.05) is 19.9 Å². The Morgan fingerprint density at radius 1 is 1.38 bits per heavy atom. The van der Waals surface area contributed by atoms with Gasteiger partial charge in [0.1, 0.15) is 0 Å². The van der Waals surface area contributed by atoms with Crippen molar-refractivity contribution in [1.82, 2.24) is 0 Å². The van der Waals surface area contributed by atoms with Crippen LogP contribution in [-0.2, 0) is 6.42 Å². The molecule has 0 saturated carbocycles. The van der Waals surface area contributed by atoms with Gasteiger partial charge in [0.15, 0.2) is 0 Å². The molecule has 3 heteroatoms. The van der Waals surface area contributed by atoms with Gasteiger partial charge in [-0.3, -0.25) is 0 Å². The molecule has 16 heavy (non-hydrogen) atoms. The van der Waals surface area contributed by atoms with Gasteiger partial charge in [0.25, 0.3) is 0 Å². The Bertz CT molecular complexity index is 355. The lowest BCUT2D eigenvalue weighted by Gasteiger charge is -2.19. The minimum Gasteiger partial charge on any atom is -0.325 e. The number of rotatable bonds is 4. The molecule has 0 aliphatic heterocycles. The molecule has 0 fully saturated rings. The van der Waals surface area contributed by atoms with Crippen LogP contribution in [0.25, 0.3) is 0 Å². The second-order valence-electron chi connectivity index (χ2n) is 5.10. The van der Waals surface area contributed by atoms with E-state index in [4.69, 9.17) is 5.73 Å². The summed E-state index contributed by atoms with van der Waals surface area (Å²) < 4.78 is 1.17. The summed E-state index contributed by atoms with van der Waals surface area (Å²) in [7, 11) is 0. The third-order valence-electron chi connectivity index (χ3n) is 2.02. The Morgan fingerprint density at radius 2 is 2.00 bits per heavy atom. The monoisotopic (exact) mass is 301 g/mol. The number of halogens is 1. The highest BCUT2D eigenvalue weighted by Gasteiger charge is 2.13. The highest BCUT2D eigenvalue weighted by atomic mass is 79.9. The van der Waals surface area contributed by atoms with E-state index in [1.165, 1.54) is 14.9 Å². The number of benzene rings is 1. The van der Waals surface area contributed by atoms with Crippen molar-refractivity contribution in [1.29, 1.82) is 0 Å². The summed E-state index contributed by atoms with van der Waals surface area (Å²) in [6.45, 7) is 8.51. The first-order chi connectivity index (χ1) is 7.28. The Labute approximate surface area is 111 Å². The number of nitrogens with two attached hydrogens (primary N) is 1. The largest absolute Gasteiger partial charge is 0.325 e. The van der Waals surface area contributed by atoms with Crippen LogP contribution in [0.15, 0.2) is 27.6 Å². The first-order valence-corrected chi connectivity index (χ1v) is 7.19. The third-order valence-corrected chi connectivity index (χ3v) is 4.02. The first kappa shape index (κ1) is 14.1. The maximum Gasteiger partial charge on any atom is 0.0314 e. The van der Waals surface area contributed by atoms with Gasteiger partial charge in [-0.2, -0.15) is 0 Å². The maximum absolute atomic E-state index is 6.02. The fraction of sp³-hybridized carbons (Fsp3) is 0.538. The summed E-state index contributed by atoms with van der Waals surface area (Å²) in [6.07, 6.45) is 0.901. The van der Waals surface area contributed by atoms with Crippen molar-refractivity contribution in [2.45, 2.75) is 49.8 Å². The number of hydrogen-bond acceptors (Lipinski definition) is 2. The highest BCUT2D eigenvalue weighted by Crippen LogP contribution is 2.31. The lowest BCUT2D eigenvalue weighted by molar-refractivity contribution is 0.516. The predicted octanol–water partition coefficient (Wildman–Crippen LogP) is 4.23. The fourth-order valence-electron chi connectivity index (χ4n) is 1.53. The minimum absolute atomic E-state index is 0.147. The molecule has 0 unspecified atom stereocenters. The molecule has 0 atom stereocenters. The van der Waals surface area contributed by atoms with Crippen LogP contribution in [0.4, 0.5) is 0 Å². The maximum atomic E-state index is 6.02. The molecule has 0 saturated heterocycles. The molecule has 0 spiro atoms. The second-order valence-corrected chi connectivity index (χ2v) is 7.57. The van der Waals surface area contributed by atoms with Crippen LogP contribution in [0.2, 0.25) is 0 Å². The van der Waals surface area contributed by atoms with E-state index in [9.17, 15) is 0 Å². The van der Waals surface area contributed by atoms with E-state index in [1.807, 2.05) is 11.8 Å². The zero-order valence-electron chi connectivity index (χ0n) is 10.4. The molecule has 0 heterocycles. The van der Waals surface area contributed by atoms with Gasteiger partial charge in [0.2, 0.25) is 0 Å². The molecule has 2 N–H and O–H groups in total. The summed E-state index contributed by atoms with van der Waals surface area (Å²) in [5, 5.41) is 0.605. The van der Waals surface area contributed by atoms with E-state index in [1.54, 1.807) is 0 Å². The van der Waals surface area contributed by atoms with Crippen LogP contribution in [0.1, 0.15) is 33.3 Å². The molecule has 1 aromatic carbocycles. The van der Waals surface area contributed by atoms with Gasteiger partial charge in [0, 0.05) is 20.2 Å². The third kappa shape index (κ3) is 4.89. The normalized spacial score (nSPS) is 12.2. The Kier molecular flexibility index (Phi) is 4.89. The Hall–Kier alpha value is 0.01000. The van der Waals surface area contributed by atoms with Crippen LogP contribution in [0.3, 0.4) is 0 Å². The SMILES string of the molecule is CC(C)Sc1ccc(CC(C)(C)N)cc1Br. The fourth-order valence-corrected chi connectivity index (χ4v) is 3.06. The van der Waals surface area contributed by atoms with Crippen LogP contribution < -0.4 is 5.73 Å². The standard InChI is InChI=1S/C13H20BrNS/c1-9(2)16-12-6-5-10(7-11(12)14)8-13(3,4)15/h5-7,9H,8,15H2,1-4H3. The topological polar surface area (TPSA) is 26.0 Å². The van der Waals surface area contributed by atoms with Crippen LogP contribution in [0.5, 0.6) is 0 Å². The van der Waals surface area contributed by atoms with Crippen molar-refractivity contribution in [2.24, 2.45) is 5.73 Å². The van der Waals surface area contributed by atoms with E-state index < -0.39 is 0 Å². The van der Waals surface area contributed by atoms with E-state index in [0.717, 1.165) is 6.42 Å². The molecule has 90 valence electrons. The summed E-state index contributed by atoms with van der Waals surface area (Å²) in [6, 6.07) is 6.53. The van der Waals surface area contributed by atoms with E-state index >= 15 is 0 Å². The number of hydrogen-bond donors (Lipinski definition) is 1. The molecular formula is C13H20BrNS. The van der Waals surface area contributed by atoms with Gasteiger partial charge in [0.05, 0.1) is 0 Å². The molecule has 1 aromatic rings. The highest BCUT2D eigenvalue weighted by molar-refractivity contribution is 9.10. The summed E-state index contributed by atoms with van der Waals surface area (Å²) in [4.78, 5) is 1.30. The molecular weight excluding hydrogens is 282 g/mol. The predicted molar refractivity (Wildman–Crippen MR) is 77.1 cm³/mol. The molecule has 0 bridgehead atoms. The van der Waals surface area contributed by atoms with Gasteiger partial charge >= 0.3 is 0 Å². The van der Waals surface area contributed by atoms with E-state index in [2.05, 4.69) is 61.8 Å². The average Bonchev–Trinajstić information content (AvgIpc) is 2.06. The molecule has 1 nitrogen and oxygen atoms in total. The zero-order valence-corrected chi connectivity index (χ0v) is 12.8. The van der Waals surface area contributed by atoms with Crippen molar-refractivity contribution in [3.05, 3.63) is 28.2 Å². The smallest absolute Gasteiger partial charge is 0.0314 e. The van der Waals surface area contributed by atoms with E-state index in [-0.39, 0.29) is 5.54 Å². The zero-order chi connectivity index (χ0) is 12.3. The van der Waals surface area contributed by atoms with E-state index in [0.29, 0.717) is 5.25 Å². The summed E-state index contributed by atoms with van der Waals surface area (Å²) in [5.74, 6) is 0. The summed E-state index contributed by atoms with van der Waals surface area (Å²) >= 11 is 5.50. The quantitative estimate of drug-likeness (QED) is 0.842. The van der Waals surface area contributed by atoms with Crippen LogP contribution in [0, 0.1) is 0 Å². The average molecular weight is 302 g/mol. The van der Waals surface area contributed by atoms with Crippen molar-refractivity contribution in [3.8, 4) is 0 Å². The lowest BCUT2D eigenvalue weighted by Crippen LogP contribution is -2.34. The van der Waals surface area contributed by atoms with Crippen LogP contribution >= 0.6 is 27.7 Å². The van der Waals surface area contributed by atoms with Gasteiger partial charge < -0.3 is 5.73 Å². The summed E-state index contributed by atoms with van der Waals surface area (Å²) in [5.41, 5.74) is 7.15.